The maximum absolute atomic E-state index is 13.3. The summed E-state index contributed by atoms with van der Waals surface area (Å²) in [5.41, 5.74) is -1.37. The fourth-order valence-electron chi connectivity index (χ4n) is 1.76. The van der Waals surface area contributed by atoms with Gasteiger partial charge in [0, 0.05) is 0 Å². The minimum atomic E-state index is -1.36. The van der Waals surface area contributed by atoms with Gasteiger partial charge in [-0.15, -0.1) is 0 Å². The van der Waals surface area contributed by atoms with E-state index in [1.54, 1.807) is 37.3 Å². The third-order valence-electron chi connectivity index (χ3n) is 2.73. The van der Waals surface area contributed by atoms with Gasteiger partial charge in [-0.25, -0.2) is 4.79 Å². The summed E-state index contributed by atoms with van der Waals surface area (Å²) in [6.45, 7) is 1.62. The molecule has 0 bridgehead atoms. The van der Waals surface area contributed by atoms with Crippen LogP contribution in [0, 0.1) is 5.82 Å². The highest BCUT2D eigenvalue weighted by Gasteiger charge is 2.18. The number of aromatic nitrogens is 2. The van der Waals surface area contributed by atoms with E-state index >= 15 is 0 Å². The van der Waals surface area contributed by atoms with Gasteiger partial charge in [0.2, 0.25) is 11.7 Å². The average molecular weight is 250 g/mol. The number of halogens is 1. The molecule has 1 aromatic heterocycles. The first kappa shape index (κ1) is 12.1. The summed E-state index contributed by atoms with van der Waals surface area (Å²) in [5.74, 6) is -2.32. The van der Waals surface area contributed by atoms with Gasteiger partial charge < -0.3 is 5.11 Å². The Morgan fingerprint density at radius 1 is 1.28 bits per heavy atom. The molecule has 5 nitrogen and oxygen atoms in total. The van der Waals surface area contributed by atoms with E-state index < -0.39 is 29.0 Å². The van der Waals surface area contributed by atoms with Crippen molar-refractivity contribution in [3.63, 3.8) is 0 Å². The zero-order chi connectivity index (χ0) is 13.3. The molecule has 2 aromatic rings. The van der Waals surface area contributed by atoms with Crippen LogP contribution in [0.2, 0.25) is 0 Å². The number of aromatic hydroxyl groups is 1. The van der Waals surface area contributed by atoms with Gasteiger partial charge >= 0.3 is 5.69 Å². The van der Waals surface area contributed by atoms with E-state index in [1.807, 2.05) is 4.98 Å². The fourth-order valence-corrected chi connectivity index (χ4v) is 1.76. The lowest BCUT2D eigenvalue weighted by atomic mass is 10.1. The van der Waals surface area contributed by atoms with E-state index in [-0.39, 0.29) is 0 Å². The van der Waals surface area contributed by atoms with Crippen molar-refractivity contribution in [3.8, 4) is 5.88 Å². The summed E-state index contributed by atoms with van der Waals surface area (Å²) in [5, 5.41) is 9.56. The Hall–Kier alpha value is -2.37. The molecule has 0 saturated heterocycles. The van der Waals surface area contributed by atoms with Crippen molar-refractivity contribution < 1.29 is 9.50 Å². The second kappa shape index (κ2) is 4.48. The molecule has 6 heteroatoms. The molecule has 0 saturated carbocycles. The van der Waals surface area contributed by atoms with Gasteiger partial charge in [-0.05, 0) is 12.5 Å². The highest BCUT2D eigenvalue weighted by molar-refractivity contribution is 5.22. The van der Waals surface area contributed by atoms with Crippen molar-refractivity contribution in [1.82, 2.24) is 9.55 Å². The molecular formula is C12H11FN2O3. The van der Waals surface area contributed by atoms with E-state index in [4.69, 9.17) is 0 Å². The number of aromatic amines is 1. The predicted molar refractivity (Wildman–Crippen MR) is 63.2 cm³/mol. The van der Waals surface area contributed by atoms with Crippen LogP contribution in [0.25, 0.3) is 0 Å². The van der Waals surface area contributed by atoms with Crippen molar-refractivity contribution in [1.29, 1.82) is 0 Å². The summed E-state index contributed by atoms with van der Waals surface area (Å²) in [4.78, 5) is 24.4. The first-order valence-corrected chi connectivity index (χ1v) is 5.30. The maximum atomic E-state index is 13.3. The van der Waals surface area contributed by atoms with Crippen LogP contribution in [0.4, 0.5) is 4.39 Å². The van der Waals surface area contributed by atoms with Gasteiger partial charge in [0.05, 0.1) is 6.04 Å². The third kappa shape index (κ3) is 1.92. The molecule has 18 heavy (non-hydrogen) atoms. The van der Waals surface area contributed by atoms with E-state index in [2.05, 4.69) is 0 Å². The fraction of sp³-hybridized carbons (Fsp3) is 0.167. The SMILES string of the molecule is CC(c1ccccc1)n1c(O)c(F)c(=O)[nH]c1=O. The standard InChI is InChI=1S/C12H11FN2O3/c1-7(8-5-3-2-4-6-8)15-11(17)9(13)10(16)14-12(15)18/h2-7,17H,1H3,(H,14,16,18). The van der Waals surface area contributed by atoms with Crippen LogP contribution >= 0.6 is 0 Å². The second-order valence-corrected chi connectivity index (χ2v) is 3.85. The Balaban J connectivity index is 2.63. The Bertz CT molecular complexity index is 676. The van der Waals surface area contributed by atoms with E-state index in [1.165, 1.54) is 0 Å². The van der Waals surface area contributed by atoms with Crippen LogP contribution in [0.1, 0.15) is 18.5 Å². The minimum absolute atomic E-state index is 0.593. The lowest BCUT2D eigenvalue weighted by molar-refractivity contribution is 0.351. The molecule has 1 unspecified atom stereocenters. The molecule has 0 aliphatic rings. The molecule has 0 radical (unpaired) electrons. The molecule has 0 aliphatic carbocycles. The number of hydrogen-bond acceptors (Lipinski definition) is 3. The topological polar surface area (TPSA) is 75.1 Å². The van der Waals surface area contributed by atoms with Gasteiger partial charge in [0.25, 0.3) is 5.56 Å². The molecule has 1 aromatic carbocycles. The van der Waals surface area contributed by atoms with E-state index in [0.717, 1.165) is 4.57 Å². The summed E-state index contributed by atoms with van der Waals surface area (Å²) in [7, 11) is 0. The molecule has 94 valence electrons. The smallest absolute Gasteiger partial charge is 0.331 e. The highest BCUT2D eigenvalue weighted by atomic mass is 19.1. The first-order valence-electron chi connectivity index (χ1n) is 5.30. The van der Waals surface area contributed by atoms with Gasteiger partial charge in [-0.1, -0.05) is 30.3 Å². The number of benzene rings is 1. The second-order valence-electron chi connectivity index (χ2n) is 3.85. The lowest BCUT2D eigenvalue weighted by Gasteiger charge is -2.16. The zero-order valence-corrected chi connectivity index (χ0v) is 9.55. The minimum Gasteiger partial charge on any atom is -0.492 e. The van der Waals surface area contributed by atoms with Gasteiger partial charge in [-0.2, -0.15) is 4.39 Å². The number of rotatable bonds is 2. The summed E-state index contributed by atoms with van der Waals surface area (Å²) < 4.78 is 14.1. The molecule has 1 atom stereocenters. The number of nitrogens with one attached hydrogen (secondary N) is 1. The Kier molecular flexibility index (Phi) is 3.01. The highest BCUT2D eigenvalue weighted by Crippen LogP contribution is 2.20. The van der Waals surface area contributed by atoms with Crippen LogP contribution in [-0.2, 0) is 0 Å². The molecular weight excluding hydrogens is 239 g/mol. The van der Waals surface area contributed by atoms with Crippen molar-refractivity contribution >= 4 is 0 Å². The first-order chi connectivity index (χ1) is 8.52. The van der Waals surface area contributed by atoms with Crippen molar-refractivity contribution in [3.05, 3.63) is 62.6 Å². The Morgan fingerprint density at radius 3 is 2.50 bits per heavy atom. The molecule has 1 heterocycles. The number of H-pyrrole nitrogens is 1. The predicted octanol–water partition coefficient (Wildman–Crippen LogP) is 0.991. The van der Waals surface area contributed by atoms with Crippen LogP contribution in [0.3, 0.4) is 0 Å². The van der Waals surface area contributed by atoms with Gasteiger partial charge in [0.1, 0.15) is 0 Å². The molecule has 0 amide bonds. The normalized spacial score (nSPS) is 12.3. The molecule has 0 fully saturated rings. The zero-order valence-electron chi connectivity index (χ0n) is 9.55. The third-order valence-corrected chi connectivity index (χ3v) is 2.73. The van der Waals surface area contributed by atoms with Crippen LogP contribution in [0.15, 0.2) is 39.9 Å². The van der Waals surface area contributed by atoms with Crippen LogP contribution in [0.5, 0.6) is 5.88 Å². The number of hydrogen-bond donors (Lipinski definition) is 2. The van der Waals surface area contributed by atoms with Crippen LogP contribution in [-0.4, -0.2) is 14.7 Å². The molecule has 2 N–H and O–H groups in total. The van der Waals surface area contributed by atoms with Crippen molar-refractivity contribution in [2.45, 2.75) is 13.0 Å². The maximum Gasteiger partial charge on any atom is 0.331 e. The van der Waals surface area contributed by atoms with Crippen molar-refractivity contribution in [2.75, 3.05) is 0 Å². The van der Waals surface area contributed by atoms with Gasteiger partial charge in [-0.3, -0.25) is 14.3 Å². The summed E-state index contributed by atoms with van der Waals surface area (Å²) >= 11 is 0. The lowest BCUT2D eigenvalue weighted by Crippen LogP contribution is -2.33. The quantitative estimate of drug-likeness (QED) is 0.834. The molecule has 0 aliphatic heterocycles. The largest absolute Gasteiger partial charge is 0.492 e. The van der Waals surface area contributed by atoms with Crippen LogP contribution < -0.4 is 11.2 Å². The monoisotopic (exact) mass is 250 g/mol. The van der Waals surface area contributed by atoms with E-state index in [0.29, 0.717) is 5.56 Å². The Morgan fingerprint density at radius 2 is 1.89 bits per heavy atom. The Labute approximate surface area is 101 Å². The summed E-state index contributed by atoms with van der Waals surface area (Å²) in [6.07, 6.45) is 0. The average Bonchev–Trinajstić information content (AvgIpc) is 2.37. The number of nitrogens with zero attached hydrogens (tertiary/aromatic N) is 1. The van der Waals surface area contributed by atoms with Gasteiger partial charge in [0.15, 0.2) is 0 Å². The van der Waals surface area contributed by atoms with Crippen molar-refractivity contribution in [2.24, 2.45) is 0 Å². The molecule has 0 spiro atoms. The molecule has 2 rings (SSSR count). The summed E-state index contributed by atoms with van der Waals surface area (Å²) in [6, 6.07) is 8.20. The van der Waals surface area contributed by atoms with E-state index in [9.17, 15) is 19.1 Å².